The van der Waals surface area contributed by atoms with Crippen molar-refractivity contribution < 1.29 is 27.4 Å². The highest BCUT2D eigenvalue weighted by molar-refractivity contribution is 5.99. The lowest BCUT2D eigenvalue weighted by molar-refractivity contribution is -0.173. The average molecular weight is 412 g/mol. The van der Waals surface area contributed by atoms with E-state index in [2.05, 4.69) is 15.7 Å². The maximum atomic E-state index is 13.7. The van der Waals surface area contributed by atoms with Gasteiger partial charge in [0.1, 0.15) is 17.1 Å². The Morgan fingerprint density at radius 3 is 2.83 bits per heavy atom. The summed E-state index contributed by atoms with van der Waals surface area (Å²) in [7, 11) is 2.99. The quantitative estimate of drug-likeness (QED) is 0.761. The molecular formula is C19H23F3N4O3. The summed E-state index contributed by atoms with van der Waals surface area (Å²) in [6.45, 7) is 2.02. The zero-order chi connectivity index (χ0) is 21.2. The normalized spacial score (nSPS) is 19.8. The Balaban J connectivity index is 1.96. The zero-order valence-corrected chi connectivity index (χ0v) is 16.3. The first kappa shape index (κ1) is 21.0. The summed E-state index contributed by atoms with van der Waals surface area (Å²) in [4.78, 5) is 12.6. The molecule has 0 bridgehead atoms. The van der Waals surface area contributed by atoms with Gasteiger partial charge in [-0.1, -0.05) is 12.1 Å². The minimum absolute atomic E-state index is 0.0357. The van der Waals surface area contributed by atoms with Gasteiger partial charge in [0.15, 0.2) is 6.04 Å². The van der Waals surface area contributed by atoms with Crippen molar-refractivity contribution in [2.24, 2.45) is 0 Å². The molecule has 0 saturated carbocycles. The summed E-state index contributed by atoms with van der Waals surface area (Å²) < 4.78 is 52.2. The fraction of sp³-hybridized carbons (Fsp3) is 0.474. The van der Waals surface area contributed by atoms with Crippen LogP contribution in [-0.2, 0) is 4.74 Å². The van der Waals surface area contributed by atoms with E-state index in [0.717, 1.165) is 10.9 Å². The molecule has 1 aromatic heterocycles. The van der Waals surface area contributed by atoms with Crippen molar-refractivity contribution in [2.75, 3.05) is 26.1 Å². The second-order valence-corrected chi connectivity index (χ2v) is 6.95. The molecule has 0 unspecified atom stereocenters. The highest BCUT2D eigenvalue weighted by Gasteiger charge is 2.47. The molecule has 3 rings (SSSR count). The summed E-state index contributed by atoms with van der Waals surface area (Å²) in [6, 6.07) is 4.01. The third kappa shape index (κ3) is 4.47. The number of ether oxygens (including phenoxy) is 2. The smallest absolute Gasteiger partial charge is 0.410 e. The number of methoxy groups -OCH3 is 2. The summed E-state index contributed by atoms with van der Waals surface area (Å²) in [5.74, 6) is 0.0577. The van der Waals surface area contributed by atoms with E-state index in [1.54, 1.807) is 31.2 Å². The molecular weight excluding hydrogens is 389 g/mol. The van der Waals surface area contributed by atoms with Crippen LogP contribution in [0.2, 0.25) is 0 Å². The molecule has 10 heteroatoms. The Morgan fingerprint density at radius 2 is 2.17 bits per heavy atom. The largest absolute Gasteiger partial charge is 0.497 e. The Labute approximate surface area is 166 Å². The van der Waals surface area contributed by atoms with E-state index >= 15 is 0 Å². The molecule has 0 saturated heterocycles. The van der Waals surface area contributed by atoms with Crippen LogP contribution in [0.5, 0.6) is 5.75 Å². The van der Waals surface area contributed by atoms with Gasteiger partial charge < -0.3 is 20.1 Å². The minimum atomic E-state index is -4.52. The van der Waals surface area contributed by atoms with Crippen LogP contribution in [0.15, 0.2) is 30.5 Å². The Hall–Kier alpha value is -2.75. The van der Waals surface area contributed by atoms with Crippen molar-refractivity contribution in [1.29, 1.82) is 0 Å². The van der Waals surface area contributed by atoms with Crippen molar-refractivity contribution in [2.45, 2.75) is 37.6 Å². The number of fused-ring (bicyclic) bond motifs is 1. The SMILES string of the molecule is COC[C@@H](C)NC(=O)c1cnn2c1N[C@H](c1cccc(OC)c1)C[C@H]2C(F)(F)F. The van der Waals surface area contributed by atoms with Gasteiger partial charge in [-0.05, 0) is 24.6 Å². The lowest BCUT2D eigenvalue weighted by Gasteiger charge is -2.34. The first-order valence-electron chi connectivity index (χ1n) is 9.09. The van der Waals surface area contributed by atoms with Crippen molar-refractivity contribution in [3.8, 4) is 5.75 Å². The van der Waals surface area contributed by atoms with E-state index in [4.69, 9.17) is 9.47 Å². The van der Waals surface area contributed by atoms with E-state index in [1.165, 1.54) is 14.2 Å². The molecule has 158 valence electrons. The maximum Gasteiger partial charge on any atom is 0.410 e. The van der Waals surface area contributed by atoms with Crippen molar-refractivity contribution in [3.63, 3.8) is 0 Å². The summed E-state index contributed by atoms with van der Waals surface area (Å²) in [6.07, 6.45) is -3.62. The van der Waals surface area contributed by atoms with Crippen LogP contribution in [0.3, 0.4) is 0 Å². The molecule has 29 heavy (non-hydrogen) atoms. The summed E-state index contributed by atoms with van der Waals surface area (Å²) in [5, 5.41) is 9.61. The van der Waals surface area contributed by atoms with Crippen molar-refractivity contribution in [3.05, 3.63) is 41.6 Å². The van der Waals surface area contributed by atoms with E-state index < -0.39 is 24.2 Å². The summed E-state index contributed by atoms with van der Waals surface area (Å²) in [5.41, 5.74) is 0.681. The third-order valence-corrected chi connectivity index (χ3v) is 4.77. The van der Waals surface area contributed by atoms with Gasteiger partial charge in [-0.15, -0.1) is 0 Å². The number of alkyl halides is 3. The van der Waals surface area contributed by atoms with Crippen LogP contribution in [-0.4, -0.2) is 48.7 Å². The highest BCUT2D eigenvalue weighted by Crippen LogP contribution is 2.44. The second kappa shape index (κ2) is 8.32. The molecule has 2 heterocycles. The van der Waals surface area contributed by atoms with Gasteiger partial charge in [-0.3, -0.25) is 4.79 Å². The van der Waals surface area contributed by atoms with Crippen LogP contribution in [0.4, 0.5) is 19.0 Å². The monoisotopic (exact) mass is 412 g/mol. The van der Waals surface area contributed by atoms with Gasteiger partial charge in [-0.25, -0.2) is 4.68 Å². The number of rotatable bonds is 6. The number of carbonyl (C=O) groups excluding carboxylic acids is 1. The highest BCUT2D eigenvalue weighted by atomic mass is 19.4. The van der Waals surface area contributed by atoms with Crippen LogP contribution < -0.4 is 15.4 Å². The van der Waals surface area contributed by atoms with Gasteiger partial charge in [0.25, 0.3) is 5.91 Å². The van der Waals surface area contributed by atoms with Crippen LogP contribution in [0, 0.1) is 0 Å². The van der Waals surface area contributed by atoms with E-state index in [0.29, 0.717) is 11.3 Å². The molecule has 3 atom stereocenters. The molecule has 1 amide bonds. The molecule has 2 aromatic rings. The first-order chi connectivity index (χ1) is 13.7. The van der Waals surface area contributed by atoms with Gasteiger partial charge in [-0.2, -0.15) is 18.3 Å². The number of hydrogen-bond acceptors (Lipinski definition) is 5. The van der Waals surface area contributed by atoms with E-state index in [-0.39, 0.29) is 30.5 Å². The fourth-order valence-corrected chi connectivity index (χ4v) is 3.40. The molecule has 0 spiro atoms. The molecule has 7 nitrogen and oxygen atoms in total. The number of amides is 1. The van der Waals surface area contributed by atoms with Gasteiger partial charge in [0.2, 0.25) is 0 Å². The lowest BCUT2D eigenvalue weighted by atomic mass is 9.96. The topological polar surface area (TPSA) is 77.4 Å². The maximum absolute atomic E-state index is 13.7. The molecule has 2 N–H and O–H groups in total. The number of aromatic nitrogens is 2. The van der Waals surface area contributed by atoms with E-state index in [1.807, 2.05) is 0 Å². The third-order valence-electron chi connectivity index (χ3n) is 4.77. The Morgan fingerprint density at radius 1 is 1.41 bits per heavy atom. The van der Waals surface area contributed by atoms with Crippen LogP contribution in [0.25, 0.3) is 0 Å². The van der Waals surface area contributed by atoms with Crippen molar-refractivity contribution >= 4 is 11.7 Å². The van der Waals surface area contributed by atoms with Crippen molar-refractivity contribution in [1.82, 2.24) is 15.1 Å². The lowest BCUT2D eigenvalue weighted by Crippen LogP contribution is -2.38. The molecule has 1 aromatic carbocycles. The number of anilines is 1. The predicted molar refractivity (Wildman–Crippen MR) is 100 cm³/mol. The van der Waals surface area contributed by atoms with Crippen LogP contribution >= 0.6 is 0 Å². The number of halogens is 3. The number of nitrogens with one attached hydrogen (secondary N) is 2. The zero-order valence-electron chi connectivity index (χ0n) is 16.3. The Kier molecular flexibility index (Phi) is 6.02. The molecule has 0 aliphatic carbocycles. The number of nitrogens with zero attached hydrogens (tertiary/aromatic N) is 2. The standard InChI is InChI=1S/C19H23F3N4O3/c1-11(10-28-2)24-18(27)14-9-23-26-16(19(20,21)22)8-15(25-17(14)26)12-5-4-6-13(7-12)29-3/h4-7,9,11,15-16,25H,8,10H2,1-3H3,(H,24,27)/t11-,15+,16+/m1/s1. The number of carbonyl (C=O) groups is 1. The Bertz CT molecular complexity index is 869. The fourth-order valence-electron chi connectivity index (χ4n) is 3.40. The van der Waals surface area contributed by atoms with Gasteiger partial charge in [0.05, 0.1) is 26.0 Å². The minimum Gasteiger partial charge on any atom is -0.497 e. The van der Waals surface area contributed by atoms with Gasteiger partial charge >= 0.3 is 6.18 Å². The molecule has 1 aliphatic rings. The van der Waals surface area contributed by atoms with Crippen LogP contribution in [0.1, 0.15) is 41.3 Å². The summed E-state index contributed by atoms with van der Waals surface area (Å²) >= 11 is 0. The molecule has 0 fully saturated rings. The second-order valence-electron chi connectivity index (χ2n) is 6.95. The van der Waals surface area contributed by atoms with E-state index in [9.17, 15) is 18.0 Å². The molecule has 1 aliphatic heterocycles. The first-order valence-corrected chi connectivity index (χ1v) is 9.09. The number of hydrogen-bond donors (Lipinski definition) is 2. The van der Waals surface area contributed by atoms with Gasteiger partial charge in [0, 0.05) is 19.6 Å². The average Bonchev–Trinajstić information content (AvgIpc) is 3.10. The predicted octanol–water partition coefficient (Wildman–Crippen LogP) is 3.32. The number of benzene rings is 1. The molecule has 0 radical (unpaired) electrons.